The number of hydrogen-bond donors (Lipinski definition) is 2. The number of halogens is 1. The van der Waals surface area contributed by atoms with Crippen molar-refractivity contribution in [3.63, 3.8) is 0 Å². The van der Waals surface area contributed by atoms with E-state index in [1.807, 2.05) is 0 Å². The third-order valence-corrected chi connectivity index (χ3v) is 3.59. The Labute approximate surface area is 94.7 Å². The van der Waals surface area contributed by atoms with E-state index in [1.165, 1.54) is 12.1 Å². The number of nitrogens with two attached hydrogens (primary N) is 1. The summed E-state index contributed by atoms with van der Waals surface area (Å²) in [5.41, 5.74) is 5.66. The largest absolute Gasteiger partial charge is 0.330 e. The number of nitrogens with one attached hydrogen (secondary N) is 1. The van der Waals surface area contributed by atoms with Gasteiger partial charge in [0.25, 0.3) is 0 Å². The highest BCUT2D eigenvalue weighted by atomic mass is 32.2. The number of benzene rings is 1. The van der Waals surface area contributed by atoms with Crippen molar-refractivity contribution in [3.8, 4) is 0 Å². The lowest BCUT2D eigenvalue weighted by Gasteiger charge is -2.06. The highest BCUT2D eigenvalue weighted by Gasteiger charge is 2.14. The van der Waals surface area contributed by atoms with Gasteiger partial charge in [-0.15, -0.1) is 0 Å². The lowest BCUT2D eigenvalue weighted by molar-refractivity contribution is 0.575. The molecule has 0 fully saturated rings. The summed E-state index contributed by atoms with van der Waals surface area (Å²) in [5, 5.41) is 0. The Morgan fingerprint density at radius 2 is 2.12 bits per heavy atom. The van der Waals surface area contributed by atoms with E-state index < -0.39 is 15.8 Å². The third-order valence-electron chi connectivity index (χ3n) is 2.13. The van der Waals surface area contributed by atoms with Gasteiger partial charge in [0.15, 0.2) is 0 Å². The minimum atomic E-state index is -3.62. The maximum atomic E-state index is 13.2. The van der Waals surface area contributed by atoms with Crippen molar-refractivity contribution in [1.29, 1.82) is 0 Å². The molecule has 0 saturated carbocycles. The molecule has 0 saturated heterocycles. The van der Waals surface area contributed by atoms with E-state index in [1.54, 1.807) is 6.92 Å². The molecule has 0 aliphatic heterocycles. The summed E-state index contributed by atoms with van der Waals surface area (Å²) in [6.07, 6.45) is 0.549. The van der Waals surface area contributed by atoms with Crippen molar-refractivity contribution in [2.24, 2.45) is 5.73 Å². The Hall–Kier alpha value is -0.980. The standard InChI is InChI=1S/C10H15FN2O2S/c1-8-3-4-9(7-10(8)11)16(14,15)13-6-2-5-12/h3-4,7,13H,2,5-6,12H2,1H3. The van der Waals surface area contributed by atoms with Crippen LogP contribution in [0.1, 0.15) is 12.0 Å². The van der Waals surface area contributed by atoms with Crippen LogP contribution >= 0.6 is 0 Å². The van der Waals surface area contributed by atoms with Gasteiger partial charge in [0.2, 0.25) is 10.0 Å². The molecule has 0 aliphatic rings. The molecule has 16 heavy (non-hydrogen) atoms. The molecule has 0 heterocycles. The summed E-state index contributed by atoms with van der Waals surface area (Å²) in [6.45, 7) is 2.24. The van der Waals surface area contributed by atoms with Crippen molar-refractivity contribution in [2.75, 3.05) is 13.1 Å². The first kappa shape index (κ1) is 13.1. The van der Waals surface area contributed by atoms with Crippen LogP contribution in [0.15, 0.2) is 23.1 Å². The molecule has 0 atom stereocenters. The van der Waals surface area contributed by atoms with Gasteiger partial charge in [-0.1, -0.05) is 6.07 Å². The van der Waals surface area contributed by atoms with Crippen molar-refractivity contribution in [3.05, 3.63) is 29.6 Å². The number of hydrogen-bond acceptors (Lipinski definition) is 3. The van der Waals surface area contributed by atoms with E-state index in [2.05, 4.69) is 4.72 Å². The number of rotatable bonds is 5. The van der Waals surface area contributed by atoms with Gasteiger partial charge >= 0.3 is 0 Å². The normalized spacial score (nSPS) is 11.7. The average Bonchev–Trinajstić information content (AvgIpc) is 2.22. The second-order valence-corrected chi connectivity index (χ2v) is 5.22. The summed E-state index contributed by atoms with van der Waals surface area (Å²) in [5.74, 6) is -0.526. The highest BCUT2D eigenvalue weighted by molar-refractivity contribution is 7.89. The molecule has 0 spiro atoms. The van der Waals surface area contributed by atoms with E-state index >= 15 is 0 Å². The van der Waals surface area contributed by atoms with Gasteiger partial charge in [0.05, 0.1) is 4.90 Å². The average molecular weight is 246 g/mol. The first-order chi connectivity index (χ1) is 7.47. The minimum absolute atomic E-state index is 0.0624. The van der Waals surface area contributed by atoms with E-state index in [-0.39, 0.29) is 11.4 Å². The fourth-order valence-electron chi connectivity index (χ4n) is 1.13. The van der Waals surface area contributed by atoms with Crippen LogP contribution in [0.3, 0.4) is 0 Å². The van der Waals surface area contributed by atoms with E-state index in [0.717, 1.165) is 6.07 Å². The molecule has 1 rings (SSSR count). The van der Waals surface area contributed by atoms with Gasteiger partial charge < -0.3 is 5.73 Å². The molecule has 1 aromatic rings. The molecule has 0 unspecified atom stereocenters. The second-order valence-electron chi connectivity index (χ2n) is 3.45. The molecule has 0 bridgehead atoms. The quantitative estimate of drug-likeness (QED) is 0.753. The van der Waals surface area contributed by atoms with Crippen LogP contribution in [0.4, 0.5) is 4.39 Å². The highest BCUT2D eigenvalue weighted by Crippen LogP contribution is 2.13. The zero-order valence-corrected chi connectivity index (χ0v) is 9.85. The van der Waals surface area contributed by atoms with Crippen LogP contribution in [0.5, 0.6) is 0 Å². The maximum absolute atomic E-state index is 13.2. The Morgan fingerprint density at radius 1 is 1.44 bits per heavy atom. The van der Waals surface area contributed by atoms with Crippen molar-refractivity contribution in [2.45, 2.75) is 18.2 Å². The monoisotopic (exact) mass is 246 g/mol. The summed E-state index contributed by atoms with van der Waals surface area (Å²) >= 11 is 0. The van der Waals surface area contributed by atoms with Gasteiger partial charge in [-0.25, -0.2) is 17.5 Å². The van der Waals surface area contributed by atoms with E-state index in [9.17, 15) is 12.8 Å². The van der Waals surface area contributed by atoms with Crippen LogP contribution in [0, 0.1) is 12.7 Å². The summed E-state index contributed by atoms with van der Waals surface area (Å²) in [6, 6.07) is 3.83. The van der Waals surface area contributed by atoms with E-state index in [0.29, 0.717) is 18.5 Å². The smallest absolute Gasteiger partial charge is 0.240 e. The lowest BCUT2D eigenvalue weighted by Crippen LogP contribution is -2.26. The number of aryl methyl sites for hydroxylation is 1. The fraction of sp³-hybridized carbons (Fsp3) is 0.400. The molecule has 0 aromatic heterocycles. The van der Waals surface area contributed by atoms with Gasteiger partial charge in [-0.3, -0.25) is 0 Å². The molecule has 3 N–H and O–H groups in total. The molecule has 0 aliphatic carbocycles. The van der Waals surface area contributed by atoms with Crippen LogP contribution in [0.2, 0.25) is 0 Å². The topological polar surface area (TPSA) is 72.2 Å². The summed E-state index contributed by atoms with van der Waals surface area (Å²) in [7, 11) is -3.62. The predicted octanol–water partition coefficient (Wildman–Crippen LogP) is 0.761. The molecule has 90 valence electrons. The first-order valence-electron chi connectivity index (χ1n) is 4.93. The molecule has 6 heteroatoms. The Morgan fingerprint density at radius 3 is 2.69 bits per heavy atom. The Balaban J connectivity index is 2.86. The van der Waals surface area contributed by atoms with Crippen molar-refractivity contribution < 1.29 is 12.8 Å². The molecule has 4 nitrogen and oxygen atoms in total. The molecule has 0 amide bonds. The molecular formula is C10H15FN2O2S. The Bertz CT molecular complexity index is 460. The fourth-order valence-corrected chi connectivity index (χ4v) is 2.22. The van der Waals surface area contributed by atoms with Crippen LogP contribution in [-0.2, 0) is 10.0 Å². The van der Waals surface area contributed by atoms with E-state index in [4.69, 9.17) is 5.73 Å². The zero-order chi connectivity index (χ0) is 12.2. The van der Waals surface area contributed by atoms with Gasteiger partial charge in [0, 0.05) is 6.54 Å². The Kier molecular flexibility index (Phi) is 4.40. The predicted molar refractivity (Wildman–Crippen MR) is 60.0 cm³/mol. The van der Waals surface area contributed by atoms with Gasteiger partial charge in [-0.2, -0.15) is 0 Å². The van der Waals surface area contributed by atoms with Crippen molar-refractivity contribution >= 4 is 10.0 Å². The van der Waals surface area contributed by atoms with Crippen molar-refractivity contribution in [1.82, 2.24) is 4.72 Å². The van der Waals surface area contributed by atoms with Gasteiger partial charge in [-0.05, 0) is 37.6 Å². The SMILES string of the molecule is Cc1ccc(S(=O)(=O)NCCCN)cc1F. The second kappa shape index (κ2) is 5.38. The zero-order valence-electron chi connectivity index (χ0n) is 9.03. The minimum Gasteiger partial charge on any atom is -0.330 e. The van der Waals surface area contributed by atoms with Crippen LogP contribution in [-0.4, -0.2) is 21.5 Å². The maximum Gasteiger partial charge on any atom is 0.240 e. The number of sulfonamides is 1. The lowest BCUT2D eigenvalue weighted by atomic mass is 10.2. The molecule has 1 aromatic carbocycles. The summed E-state index contributed by atoms with van der Waals surface area (Å²) in [4.78, 5) is -0.0624. The summed E-state index contributed by atoms with van der Waals surface area (Å²) < 4.78 is 38.8. The van der Waals surface area contributed by atoms with Crippen LogP contribution < -0.4 is 10.5 Å². The molecule has 0 radical (unpaired) electrons. The van der Waals surface area contributed by atoms with Crippen LogP contribution in [0.25, 0.3) is 0 Å². The van der Waals surface area contributed by atoms with Gasteiger partial charge in [0.1, 0.15) is 5.82 Å². The molecular weight excluding hydrogens is 231 g/mol. The first-order valence-corrected chi connectivity index (χ1v) is 6.41. The third kappa shape index (κ3) is 3.26.